The van der Waals surface area contributed by atoms with Crippen molar-refractivity contribution in [1.29, 1.82) is 0 Å². The van der Waals surface area contributed by atoms with E-state index in [2.05, 4.69) is 9.97 Å². The monoisotopic (exact) mass is 258 g/mol. The zero-order chi connectivity index (χ0) is 14.0. The van der Waals surface area contributed by atoms with Gasteiger partial charge >= 0.3 is 0 Å². The molecule has 0 spiro atoms. The summed E-state index contributed by atoms with van der Waals surface area (Å²) in [6, 6.07) is 5.98. The standard InChI is InChI=1S/C15H18N2O2/c1-9-4-5-12(8-10(9)2)14-16-11(3)13(6-7-18)15(19)17-14/h4-5,8,18H,6-7H2,1-3H3,(H,16,17,19). The van der Waals surface area contributed by atoms with Crippen LogP contribution < -0.4 is 5.56 Å². The van der Waals surface area contributed by atoms with Gasteiger partial charge in [-0.15, -0.1) is 0 Å². The van der Waals surface area contributed by atoms with Crippen LogP contribution in [0.2, 0.25) is 0 Å². The number of hydrogen-bond donors (Lipinski definition) is 2. The Morgan fingerprint density at radius 2 is 1.95 bits per heavy atom. The van der Waals surface area contributed by atoms with Crippen molar-refractivity contribution in [2.24, 2.45) is 0 Å². The highest BCUT2D eigenvalue weighted by Gasteiger charge is 2.09. The molecule has 19 heavy (non-hydrogen) atoms. The minimum absolute atomic E-state index is 0.0470. The van der Waals surface area contributed by atoms with Gasteiger partial charge in [0.25, 0.3) is 5.56 Å². The van der Waals surface area contributed by atoms with Gasteiger partial charge in [0.15, 0.2) is 0 Å². The predicted molar refractivity (Wildman–Crippen MR) is 75.3 cm³/mol. The van der Waals surface area contributed by atoms with E-state index in [-0.39, 0.29) is 12.2 Å². The van der Waals surface area contributed by atoms with Gasteiger partial charge in [-0.3, -0.25) is 4.79 Å². The lowest BCUT2D eigenvalue weighted by Gasteiger charge is -2.08. The number of H-pyrrole nitrogens is 1. The maximum Gasteiger partial charge on any atom is 0.254 e. The van der Waals surface area contributed by atoms with Crippen LogP contribution in [0.1, 0.15) is 22.4 Å². The smallest absolute Gasteiger partial charge is 0.254 e. The normalized spacial score (nSPS) is 10.7. The quantitative estimate of drug-likeness (QED) is 0.883. The molecule has 0 amide bonds. The SMILES string of the molecule is Cc1ccc(-c2nc(C)c(CCO)c(=O)[nH]2)cc1C. The van der Waals surface area contributed by atoms with Crippen molar-refractivity contribution in [3.05, 3.63) is 50.9 Å². The maximum atomic E-state index is 12.0. The van der Waals surface area contributed by atoms with Crippen molar-refractivity contribution >= 4 is 0 Å². The lowest BCUT2D eigenvalue weighted by atomic mass is 10.1. The van der Waals surface area contributed by atoms with Crippen LogP contribution in [0.25, 0.3) is 11.4 Å². The number of aromatic nitrogens is 2. The molecule has 2 rings (SSSR count). The Balaban J connectivity index is 2.52. The molecule has 4 nitrogen and oxygen atoms in total. The van der Waals surface area contributed by atoms with Crippen LogP contribution in [-0.4, -0.2) is 21.7 Å². The second-order valence-electron chi connectivity index (χ2n) is 4.75. The Bertz CT molecular complexity index is 660. The van der Waals surface area contributed by atoms with Gasteiger partial charge in [0.1, 0.15) is 5.82 Å². The van der Waals surface area contributed by atoms with Gasteiger partial charge in [-0.25, -0.2) is 4.98 Å². The molecule has 0 saturated heterocycles. The molecule has 0 bridgehead atoms. The number of aliphatic hydroxyl groups is 1. The van der Waals surface area contributed by atoms with Gasteiger partial charge in [0, 0.05) is 29.8 Å². The molecule has 0 aliphatic carbocycles. The third kappa shape index (κ3) is 2.74. The van der Waals surface area contributed by atoms with E-state index in [9.17, 15) is 4.79 Å². The molecule has 0 fully saturated rings. The highest BCUT2D eigenvalue weighted by molar-refractivity contribution is 5.57. The van der Waals surface area contributed by atoms with Crippen LogP contribution >= 0.6 is 0 Å². The molecule has 0 aliphatic heterocycles. The van der Waals surface area contributed by atoms with E-state index < -0.39 is 0 Å². The largest absolute Gasteiger partial charge is 0.396 e. The first-order chi connectivity index (χ1) is 9.02. The maximum absolute atomic E-state index is 12.0. The molecule has 2 N–H and O–H groups in total. The summed E-state index contributed by atoms with van der Waals surface area (Å²) < 4.78 is 0. The predicted octanol–water partition coefficient (Wildman–Crippen LogP) is 1.90. The van der Waals surface area contributed by atoms with Crippen molar-refractivity contribution in [2.75, 3.05) is 6.61 Å². The highest BCUT2D eigenvalue weighted by Crippen LogP contribution is 2.18. The molecule has 1 aromatic carbocycles. The van der Waals surface area contributed by atoms with Crippen molar-refractivity contribution < 1.29 is 5.11 Å². The average molecular weight is 258 g/mol. The Hall–Kier alpha value is -1.94. The van der Waals surface area contributed by atoms with E-state index in [0.717, 1.165) is 11.1 Å². The van der Waals surface area contributed by atoms with E-state index in [1.54, 1.807) is 6.92 Å². The van der Waals surface area contributed by atoms with Gasteiger partial charge in [0.05, 0.1) is 0 Å². The Kier molecular flexibility index (Phi) is 3.81. The Morgan fingerprint density at radius 3 is 2.53 bits per heavy atom. The number of rotatable bonds is 3. The molecule has 0 aliphatic rings. The number of benzene rings is 1. The summed E-state index contributed by atoms with van der Waals surface area (Å²) in [6.45, 7) is 5.83. The summed E-state index contributed by atoms with van der Waals surface area (Å²) in [5.74, 6) is 0.576. The van der Waals surface area contributed by atoms with Gasteiger partial charge < -0.3 is 10.1 Å². The molecular formula is C15H18N2O2. The summed E-state index contributed by atoms with van der Waals surface area (Å²) in [7, 11) is 0. The Labute approximate surface area is 112 Å². The fraction of sp³-hybridized carbons (Fsp3) is 0.333. The number of aromatic amines is 1. The molecule has 100 valence electrons. The zero-order valence-corrected chi connectivity index (χ0v) is 11.4. The Morgan fingerprint density at radius 1 is 1.21 bits per heavy atom. The summed E-state index contributed by atoms with van der Waals surface area (Å²) in [4.78, 5) is 19.2. The number of nitrogens with one attached hydrogen (secondary N) is 1. The fourth-order valence-electron chi connectivity index (χ4n) is 2.04. The number of aliphatic hydroxyl groups excluding tert-OH is 1. The minimum atomic E-state index is -0.172. The van der Waals surface area contributed by atoms with Gasteiger partial charge in [0.2, 0.25) is 0 Å². The van der Waals surface area contributed by atoms with Gasteiger partial charge in [-0.2, -0.15) is 0 Å². The first kappa shape index (κ1) is 13.5. The van der Waals surface area contributed by atoms with Crippen molar-refractivity contribution in [3.63, 3.8) is 0 Å². The molecule has 0 saturated carbocycles. The molecule has 1 heterocycles. The number of nitrogens with zero attached hydrogens (tertiary/aromatic N) is 1. The van der Waals surface area contributed by atoms with Crippen LogP contribution in [0.15, 0.2) is 23.0 Å². The lowest BCUT2D eigenvalue weighted by Crippen LogP contribution is -2.18. The van der Waals surface area contributed by atoms with Crippen LogP contribution in [-0.2, 0) is 6.42 Å². The van der Waals surface area contributed by atoms with E-state index in [1.165, 1.54) is 5.56 Å². The first-order valence-electron chi connectivity index (χ1n) is 6.31. The topological polar surface area (TPSA) is 66.0 Å². The third-order valence-electron chi connectivity index (χ3n) is 3.36. The molecule has 2 aromatic rings. The van der Waals surface area contributed by atoms with Crippen LogP contribution in [0, 0.1) is 20.8 Å². The molecular weight excluding hydrogens is 240 g/mol. The van der Waals surface area contributed by atoms with Gasteiger partial charge in [-0.1, -0.05) is 12.1 Å². The minimum Gasteiger partial charge on any atom is -0.396 e. The summed E-state index contributed by atoms with van der Waals surface area (Å²) in [5.41, 5.74) is 4.33. The fourth-order valence-corrected chi connectivity index (χ4v) is 2.04. The molecule has 4 heteroatoms. The summed E-state index contributed by atoms with van der Waals surface area (Å²) >= 11 is 0. The van der Waals surface area contributed by atoms with E-state index in [4.69, 9.17) is 5.11 Å². The summed E-state index contributed by atoms with van der Waals surface area (Å²) in [6.07, 6.45) is 0.335. The lowest BCUT2D eigenvalue weighted by molar-refractivity contribution is 0.298. The molecule has 0 atom stereocenters. The van der Waals surface area contributed by atoms with E-state index >= 15 is 0 Å². The van der Waals surface area contributed by atoms with Crippen molar-refractivity contribution in [1.82, 2.24) is 9.97 Å². The molecule has 0 radical (unpaired) electrons. The van der Waals surface area contributed by atoms with Crippen molar-refractivity contribution in [3.8, 4) is 11.4 Å². The average Bonchev–Trinajstić information content (AvgIpc) is 2.37. The molecule has 0 unspecified atom stereocenters. The second kappa shape index (κ2) is 5.36. The number of aryl methyl sites for hydroxylation is 3. The zero-order valence-electron chi connectivity index (χ0n) is 11.4. The summed E-state index contributed by atoms with van der Waals surface area (Å²) in [5, 5.41) is 8.94. The number of hydrogen-bond acceptors (Lipinski definition) is 3. The van der Waals surface area contributed by atoms with E-state index in [1.807, 2.05) is 32.0 Å². The second-order valence-corrected chi connectivity index (χ2v) is 4.75. The van der Waals surface area contributed by atoms with E-state index in [0.29, 0.717) is 23.5 Å². The van der Waals surface area contributed by atoms with Crippen LogP contribution in [0.3, 0.4) is 0 Å². The van der Waals surface area contributed by atoms with Crippen LogP contribution in [0.5, 0.6) is 0 Å². The third-order valence-corrected chi connectivity index (χ3v) is 3.36. The molecule has 1 aromatic heterocycles. The van der Waals surface area contributed by atoms with Crippen LogP contribution in [0.4, 0.5) is 0 Å². The highest BCUT2D eigenvalue weighted by atomic mass is 16.3. The van der Waals surface area contributed by atoms with Gasteiger partial charge in [-0.05, 0) is 38.0 Å². The first-order valence-corrected chi connectivity index (χ1v) is 6.31. The van der Waals surface area contributed by atoms with Crippen molar-refractivity contribution in [2.45, 2.75) is 27.2 Å².